The molecule has 0 saturated heterocycles. The summed E-state index contributed by atoms with van der Waals surface area (Å²) in [6.45, 7) is 6.34. The molecule has 164 valence electrons. The third kappa shape index (κ3) is 4.72. The van der Waals surface area contributed by atoms with Gasteiger partial charge in [-0.3, -0.25) is 9.48 Å². The highest BCUT2D eigenvalue weighted by Crippen LogP contribution is 2.32. The number of fused-ring (bicyclic) bond motifs is 1. The minimum atomic E-state index is -0.593. The van der Waals surface area contributed by atoms with Gasteiger partial charge in [0.05, 0.1) is 12.2 Å². The number of rotatable bonds is 7. The smallest absolute Gasteiger partial charge is 0.331 e. The first-order valence-corrected chi connectivity index (χ1v) is 10.3. The van der Waals surface area contributed by atoms with E-state index >= 15 is 0 Å². The first kappa shape index (κ1) is 21.4. The second-order valence-electron chi connectivity index (χ2n) is 7.66. The molecule has 3 aromatic rings. The van der Waals surface area contributed by atoms with Crippen LogP contribution in [0.25, 0.3) is 6.08 Å². The fourth-order valence-corrected chi connectivity index (χ4v) is 3.46. The molecule has 0 unspecified atom stereocenters. The number of nitrogens with zero attached hydrogens (tertiary/aromatic N) is 2. The van der Waals surface area contributed by atoms with E-state index in [9.17, 15) is 9.59 Å². The summed E-state index contributed by atoms with van der Waals surface area (Å²) in [6, 6.07) is 13.2. The van der Waals surface area contributed by atoms with Crippen LogP contribution < -0.4 is 9.47 Å². The van der Waals surface area contributed by atoms with Gasteiger partial charge < -0.3 is 14.2 Å². The van der Waals surface area contributed by atoms with Gasteiger partial charge in [-0.2, -0.15) is 5.10 Å². The Balaban J connectivity index is 1.36. The Labute approximate surface area is 186 Å². The second kappa shape index (κ2) is 9.09. The third-order valence-corrected chi connectivity index (χ3v) is 5.32. The summed E-state index contributed by atoms with van der Waals surface area (Å²) in [5.41, 5.74) is 5.38. The minimum Gasteiger partial charge on any atom is -0.454 e. The van der Waals surface area contributed by atoms with Gasteiger partial charge in [-0.1, -0.05) is 29.8 Å². The van der Waals surface area contributed by atoms with Crippen LogP contribution in [-0.4, -0.2) is 34.9 Å². The fraction of sp³-hybridized carbons (Fsp3) is 0.240. The normalized spacial score (nSPS) is 12.3. The van der Waals surface area contributed by atoms with E-state index in [0.29, 0.717) is 23.6 Å². The molecule has 0 N–H and O–H groups in total. The van der Waals surface area contributed by atoms with Crippen molar-refractivity contribution in [3.05, 3.63) is 82.2 Å². The number of hydrogen-bond donors (Lipinski definition) is 0. The van der Waals surface area contributed by atoms with Crippen LogP contribution in [0.4, 0.5) is 0 Å². The number of esters is 1. The van der Waals surface area contributed by atoms with Gasteiger partial charge in [0.15, 0.2) is 23.9 Å². The molecule has 0 bridgehead atoms. The Kier molecular flexibility index (Phi) is 6.07. The maximum Gasteiger partial charge on any atom is 0.331 e. The highest BCUT2D eigenvalue weighted by Gasteiger charge is 2.17. The molecule has 32 heavy (non-hydrogen) atoms. The molecule has 1 aliphatic rings. The molecule has 4 rings (SSSR count). The summed E-state index contributed by atoms with van der Waals surface area (Å²) in [5.74, 6) is 0.193. The van der Waals surface area contributed by atoms with Gasteiger partial charge in [-0.25, -0.2) is 4.79 Å². The maximum absolute atomic E-state index is 12.3. The lowest BCUT2D eigenvalue weighted by Crippen LogP contribution is -2.12. The molecule has 0 amide bonds. The van der Waals surface area contributed by atoms with Crippen LogP contribution >= 0.6 is 0 Å². The number of carbonyl (C=O) groups excluding carboxylic acids is 2. The first-order valence-electron chi connectivity index (χ1n) is 10.3. The average Bonchev–Trinajstić information content (AvgIpc) is 3.36. The predicted molar refractivity (Wildman–Crippen MR) is 119 cm³/mol. The SMILES string of the molecule is Cc1ccc(Cn2nc(C)c(/C=C/C(=O)OCC(=O)c3ccc4c(c3)OCO4)c2C)cc1. The van der Waals surface area contributed by atoms with E-state index in [-0.39, 0.29) is 19.2 Å². The number of carbonyl (C=O) groups is 2. The summed E-state index contributed by atoms with van der Waals surface area (Å²) in [7, 11) is 0. The van der Waals surface area contributed by atoms with E-state index in [0.717, 1.165) is 22.5 Å². The Morgan fingerprint density at radius 1 is 1.06 bits per heavy atom. The van der Waals surface area contributed by atoms with E-state index in [1.807, 2.05) is 18.5 Å². The van der Waals surface area contributed by atoms with Crippen molar-refractivity contribution in [2.45, 2.75) is 27.3 Å². The summed E-state index contributed by atoms with van der Waals surface area (Å²) in [4.78, 5) is 24.5. The van der Waals surface area contributed by atoms with Crippen LogP contribution in [0, 0.1) is 20.8 Å². The summed E-state index contributed by atoms with van der Waals surface area (Å²) < 4.78 is 17.5. The molecule has 0 fully saturated rings. The molecule has 1 aliphatic heterocycles. The lowest BCUT2D eigenvalue weighted by atomic mass is 10.1. The van der Waals surface area contributed by atoms with Crippen LogP contribution in [-0.2, 0) is 16.1 Å². The van der Waals surface area contributed by atoms with Crippen LogP contribution in [0.2, 0.25) is 0 Å². The molecule has 1 aromatic heterocycles. The highest BCUT2D eigenvalue weighted by atomic mass is 16.7. The minimum absolute atomic E-state index is 0.132. The lowest BCUT2D eigenvalue weighted by molar-refractivity contribution is -0.136. The van der Waals surface area contributed by atoms with E-state index in [4.69, 9.17) is 14.2 Å². The summed E-state index contributed by atoms with van der Waals surface area (Å²) in [5, 5.41) is 4.59. The topological polar surface area (TPSA) is 79.7 Å². The quantitative estimate of drug-likeness (QED) is 0.319. The fourth-order valence-electron chi connectivity index (χ4n) is 3.46. The molecule has 0 atom stereocenters. The number of ketones is 1. The molecular weight excluding hydrogens is 408 g/mol. The highest BCUT2D eigenvalue weighted by molar-refractivity contribution is 5.99. The molecule has 0 aliphatic carbocycles. The summed E-state index contributed by atoms with van der Waals surface area (Å²) in [6.07, 6.45) is 3.00. The number of Topliss-reactive ketones (excluding diaryl/α,β-unsaturated/α-hetero) is 1. The predicted octanol–water partition coefficient (Wildman–Crippen LogP) is 4.02. The zero-order valence-corrected chi connectivity index (χ0v) is 18.3. The van der Waals surface area contributed by atoms with Crippen molar-refractivity contribution in [2.24, 2.45) is 0 Å². The maximum atomic E-state index is 12.3. The number of hydrogen-bond acceptors (Lipinski definition) is 6. The van der Waals surface area contributed by atoms with Gasteiger partial charge in [0.1, 0.15) is 0 Å². The number of ether oxygens (including phenoxy) is 3. The molecule has 0 saturated carbocycles. The molecule has 0 spiro atoms. The largest absolute Gasteiger partial charge is 0.454 e. The van der Waals surface area contributed by atoms with Crippen LogP contribution in [0.3, 0.4) is 0 Å². The third-order valence-electron chi connectivity index (χ3n) is 5.32. The first-order chi connectivity index (χ1) is 15.4. The standard InChI is InChI=1S/C25H24N2O5/c1-16-4-6-19(7-5-16)13-27-18(3)21(17(2)26-27)9-11-25(29)30-14-22(28)20-8-10-23-24(12-20)32-15-31-23/h4-12H,13-15H2,1-3H3/b11-9+. The number of benzene rings is 2. The van der Waals surface area contributed by atoms with Gasteiger partial charge in [-0.05, 0) is 50.6 Å². The van der Waals surface area contributed by atoms with Crippen LogP contribution in [0.1, 0.15) is 38.4 Å². The van der Waals surface area contributed by atoms with E-state index in [2.05, 4.69) is 36.3 Å². The Bertz CT molecular complexity index is 1190. The Morgan fingerprint density at radius 2 is 1.81 bits per heavy atom. The average molecular weight is 432 g/mol. The van der Waals surface area contributed by atoms with Crippen LogP contribution in [0.5, 0.6) is 11.5 Å². The van der Waals surface area contributed by atoms with Crippen molar-refractivity contribution in [1.29, 1.82) is 0 Å². The van der Waals surface area contributed by atoms with Crippen molar-refractivity contribution in [3.8, 4) is 11.5 Å². The molecule has 2 heterocycles. The van der Waals surface area contributed by atoms with Crippen molar-refractivity contribution < 1.29 is 23.8 Å². The van der Waals surface area contributed by atoms with Crippen molar-refractivity contribution in [1.82, 2.24) is 9.78 Å². The zero-order valence-electron chi connectivity index (χ0n) is 18.3. The molecule has 7 nitrogen and oxygen atoms in total. The Hall–Kier alpha value is -3.87. The molecular formula is C25H24N2O5. The number of aryl methyl sites for hydroxylation is 2. The zero-order chi connectivity index (χ0) is 22.7. The van der Waals surface area contributed by atoms with E-state index < -0.39 is 5.97 Å². The lowest BCUT2D eigenvalue weighted by Gasteiger charge is -2.05. The summed E-state index contributed by atoms with van der Waals surface area (Å²) >= 11 is 0. The van der Waals surface area contributed by atoms with Gasteiger partial charge in [-0.15, -0.1) is 0 Å². The monoisotopic (exact) mass is 432 g/mol. The van der Waals surface area contributed by atoms with Gasteiger partial charge in [0.25, 0.3) is 0 Å². The van der Waals surface area contributed by atoms with E-state index in [1.165, 1.54) is 11.6 Å². The van der Waals surface area contributed by atoms with Gasteiger partial charge in [0.2, 0.25) is 6.79 Å². The van der Waals surface area contributed by atoms with Crippen molar-refractivity contribution in [3.63, 3.8) is 0 Å². The second-order valence-corrected chi connectivity index (χ2v) is 7.66. The van der Waals surface area contributed by atoms with Crippen LogP contribution in [0.15, 0.2) is 48.5 Å². The molecule has 0 radical (unpaired) electrons. The molecule has 7 heteroatoms. The van der Waals surface area contributed by atoms with Crippen molar-refractivity contribution >= 4 is 17.8 Å². The van der Waals surface area contributed by atoms with Crippen molar-refractivity contribution in [2.75, 3.05) is 13.4 Å². The van der Waals surface area contributed by atoms with Gasteiger partial charge in [0, 0.05) is 22.9 Å². The Morgan fingerprint density at radius 3 is 2.59 bits per heavy atom. The van der Waals surface area contributed by atoms with Gasteiger partial charge >= 0.3 is 5.97 Å². The number of aromatic nitrogens is 2. The van der Waals surface area contributed by atoms with E-state index in [1.54, 1.807) is 24.3 Å². The molecule has 2 aromatic carbocycles.